The molecule has 18 heavy (non-hydrogen) atoms. The van der Waals surface area contributed by atoms with Gasteiger partial charge in [-0.2, -0.15) is 0 Å². The SMILES string of the molecule is CNC(C)(CC(=O)O)c1ccc(OC)cc1OC. The van der Waals surface area contributed by atoms with Crippen molar-refractivity contribution in [1.82, 2.24) is 5.32 Å². The van der Waals surface area contributed by atoms with Gasteiger partial charge in [0.2, 0.25) is 0 Å². The zero-order valence-corrected chi connectivity index (χ0v) is 11.1. The summed E-state index contributed by atoms with van der Waals surface area (Å²) in [7, 11) is 4.85. The minimum Gasteiger partial charge on any atom is -0.497 e. The Bertz CT molecular complexity index is 433. The van der Waals surface area contributed by atoms with Crippen molar-refractivity contribution in [2.75, 3.05) is 21.3 Å². The fourth-order valence-electron chi connectivity index (χ4n) is 1.88. The predicted molar refractivity (Wildman–Crippen MR) is 68.2 cm³/mol. The highest BCUT2D eigenvalue weighted by atomic mass is 16.5. The van der Waals surface area contributed by atoms with Crippen LogP contribution in [0.1, 0.15) is 18.9 Å². The van der Waals surface area contributed by atoms with Gasteiger partial charge in [0.25, 0.3) is 0 Å². The molecule has 0 aliphatic carbocycles. The number of aliphatic carboxylic acids is 1. The third kappa shape index (κ3) is 2.92. The van der Waals surface area contributed by atoms with Crippen molar-refractivity contribution in [3.63, 3.8) is 0 Å². The smallest absolute Gasteiger partial charge is 0.305 e. The molecule has 0 aliphatic heterocycles. The maximum Gasteiger partial charge on any atom is 0.305 e. The molecule has 0 amide bonds. The highest BCUT2D eigenvalue weighted by Gasteiger charge is 2.30. The summed E-state index contributed by atoms with van der Waals surface area (Å²) in [5, 5.41) is 12.0. The first-order chi connectivity index (χ1) is 8.46. The van der Waals surface area contributed by atoms with Gasteiger partial charge < -0.3 is 19.9 Å². The molecule has 0 saturated carbocycles. The Morgan fingerprint density at radius 1 is 1.39 bits per heavy atom. The van der Waals surface area contributed by atoms with E-state index in [9.17, 15) is 4.79 Å². The second-order valence-corrected chi connectivity index (χ2v) is 4.22. The number of rotatable bonds is 6. The van der Waals surface area contributed by atoms with E-state index < -0.39 is 11.5 Å². The van der Waals surface area contributed by atoms with Crippen LogP contribution in [0.5, 0.6) is 11.5 Å². The lowest BCUT2D eigenvalue weighted by Gasteiger charge is -2.29. The molecule has 5 nitrogen and oxygen atoms in total. The van der Waals surface area contributed by atoms with Crippen LogP contribution in [-0.4, -0.2) is 32.3 Å². The predicted octanol–water partition coefficient (Wildman–Crippen LogP) is 1.61. The van der Waals surface area contributed by atoms with Gasteiger partial charge in [-0.3, -0.25) is 4.79 Å². The van der Waals surface area contributed by atoms with E-state index in [1.165, 1.54) is 0 Å². The largest absolute Gasteiger partial charge is 0.497 e. The molecule has 0 bridgehead atoms. The minimum atomic E-state index is -0.871. The van der Waals surface area contributed by atoms with Crippen LogP contribution in [0.25, 0.3) is 0 Å². The van der Waals surface area contributed by atoms with Crippen LogP contribution in [0, 0.1) is 0 Å². The van der Waals surface area contributed by atoms with Gasteiger partial charge in [-0.1, -0.05) is 0 Å². The van der Waals surface area contributed by atoms with Crippen LogP contribution in [0.4, 0.5) is 0 Å². The first-order valence-electron chi connectivity index (χ1n) is 5.60. The van der Waals surface area contributed by atoms with Gasteiger partial charge in [-0.05, 0) is 26.1 Å². The third-order valence-electron chi connectivity index (χ3n) is 3.06. The average molecular weight is 253 g/mol. The number of nitrogens with one attached hydrogen (secondary N) is 1. The van der Waals surface area contributed by atoms with Gasteiger partial charge in [-0.25, -0.2) is 0 Å². The lowest BCUT2D eigenvalue weighted by Crippen LogP contribution is -2.39. The molecule has 1 rings (SSSR count). The second-order valence-electron chi connectivity index (χ2n) is 4.22. The highest BCUT2D eigenvalue weighted by molar-refractivity contribution is 5.69. The summed E-state index contributed by atoms with van der Waals surface area (Å²) in [6, 6.07) is 5.35. The van der Waals surface area contributed by atoms with E-state index in [4.69, 9.17) is 14.6 Å². The molecule has 2 N–H and O–H groups in total. The quantitative estimate of drug-likeness (QED) is 0.806. The van der Waals surface area contributed by atoms with Crippen molar-refractivity contribution in [3.8, 4) is 11.5 Å². The molecule has 0 fully saturated rings. The molecular weight excluding hydrogens is 234 g/mol. The number of carboxylic acids is 1. The van der Waals surface area contributed by atoms with Gasteiger partial charge in [0.15, 0.2) is 0 Å². The summed E-state index contributed by atoms with van der Waals surface area (Å²) in [5.74, 6) is 0.404. The number of methoxy groups -OCH3 is 2. The molecule has 1 atom stereocenters. The summed E-state index contributed by atoms with van der Waals surface area (Å²) in [5.41, 5.74) is 0.0967. The first-order valence-corrected chi connectivity index (χ1v) is 5.60. The van der Waals surface area contributed by atoms with Crippen LogP contribution >= 0.6 is 0 Å². The molecule has 0 spiro atoms. The summed E-state index contributed by atoms with van der Waals surface area (Å²) >= 11 is 0. The van der Waals surface area contributed by atoms with Crippen LogP contribution in [0.2, 0.25) is 0 Å². The first kappa shape index (κ1) is 14.3. The summed E-state index contributed by atoms with van der Waals surface area (Å²) in [6.07, 6.45) is -0.0355. The third-order valence-corrected chi connectivity index (χ3v) is 3.06. The molecule has 0 aliphatic rings. The molecule has 1 unspecified atom stereocenters. The summed E-state index contributed by atoms with van der Waals surface area (Å²) in [6.45, 7) is 1.82. The standard InChI is InChI=1S/C13H19NO4/c1-13(14-2,8-12(15)16)10-6-5-9(17-3)7-11(10)18-4/h5-7,14H,8H2,1-4H3,(H,15,16). The van der Waals surface area contributed by atoms with E-state index in [0.29, 0.717) is 11.5 Å². The van der Waals surface area contributed by atoms with E-state index in [2.05, 4.69) is 5.32 Å². The van der Waals surface area contributed by atoms with E-state index in [-0.39, 0.29) is 6.42 Å². The molecule has 0 heterocycles. The minimum absolute atomic E-state index is 0.0355. The molecule has 0 saturated heterocycles. The maximum atomic E-state index is 11.0. The second kappa shape index (κ2) is 5.73. The zero-order valence-electron chi connectivity index (χ0n) is 11.1. The van der Waals surface area contributed by atoms with Crippen LogP contribution in [0.3, 0.4) is 0 Å². The monoisotopic (exact) mass is 253 g/mol. The number of benzene rings is 1. The van der Waals surface area contributed by atoms with E-state index >= 15 is 0 Å². The lowest BCUT2D eigenvalue weighted by molar-refractivity contribution is -0.138. The molecule has 5 heteroatoms. The Hall–Kier alpha value is -1.75. The van der Waals surface area contributed by atoms with Crippen molar-refractivity contribution in [2.45, 2.75) is 18.9 Å². The molecule has 1 aromatic carbocycles. The van der Waals surface area contributed by atoms with E-state index in [0.717, 1.165) is 5.56 Å². The van der Waals surface area contributed by atoms with Gasteiger partial charge in [0.05, 0.1) is 26.2 Å². The topological polar surface area (TPSA) is 67.8 Å². The van der Waals surface area contributed by atoms with Crippen LogP contribution < -0.4 is 14.8 Å². The fraction of sp³-hybridized carbons (Fsp3) is 0.462. The Kier molecular flexibility index (Phi) is 4.55. The number of ether oxygens (including phenoxy) is 2. The highest BCUT2D eigenvalue weighted by Crippen LogP contribution is 2.34. The number of carbonyl (C=O) groups is 1. The Labute approximate surface area is 107 Å². The zero-order chi connectivity index (χ0) is 13.8. The Balaban J connectivity index is 3.24. The molecule has 0 aromatic heterocycles. The van der Waals surface area contributed by atoms with Crippen molar-refractivity contribution < 1.29 is 19.4 Å². The summed E-state index contributed by atoms with van der Waals surface area (Å²) in [4.78, 5) is 11.0. The maximum absolute atomic E-state index is 11.0. The Morgan fingerprint density at radius 3 is 2.50 bits per heavy atom. The Morgan fingerprint density at radius 2 is 2.06 bits per heavy atom. The average Bonchev–Trinajstić information content (AvgIpc) is 2.36. The van der Waals surface area contributed by atoms with Gasteiger partial charge >= 0.3 is 5.97 Å². The van der Waals surface area contributed by atoms with E-state index in [1.807, 2.05) is 13.0 Å². The van der Waals surface area contributed by atoms with Crippen LogP contribution in [-0.2, 0) is 10.3 Å². The fourth-order valence-corrected chi connectivity index (χ4v) is 1.88. The van der Waals surface area contributed by atoms with Crippen molar-refractivity contribution in [1.29, 1.82) is 0 Å². The van der Waals surface area contributed by atoms with Crippen molar-refractivity contribution in [2.24, 2.45) is 0 Å². The normalized spacial score (nSPS) is 13.8. The van der Waals surface area contributed by atoms with Gasteiger partial charge in [-0.15, -0.1) is 0 Å². The molecule has 1 aromatic rings. The molecule has 0 radical (unpaired) electrons. The number of hydrogen-bond donors (Lipinski definition) is 2. The van der Waals surface area contributed by atoms with Crippen LogP contribution in [0.15, 0.2) is 18.2 Å². The number of carboxylic acid groups (broad SMARTS) is 1. The number of hydrogen-bond acceptors (Lipinski definition) is 4. The van der Waals surface area contributed by atoms with Crippen molar-refractivity contribution >= 4 is 5.97 Å². The van der Waals surface area contributed by atoms with E-state index in [1.54, 1.807) is 33.4 Å². The molecule has 100 valence electrons. The lowest BCUT2D eigenvalue weighted by atomic mass is 9.88. The summed E-state index contributed by atoms with van der Waals surface area (Å²) < 4.78 is 10.4. The molecular formula is C13H19NO4. The van der Waals surface area contributed by atoms with Gasteiger partial charge in [0.1, 0.15) is 11.5 Å². The van der Waals surface area contributed by atoms with Gasteiger partial charge in [0, 0.05) is 11.6 Å². The van der Waals surface area contributed by atoms with Crippen molar-refractivity contribution in [3.05, 3.63) is 23.8 Å².